The highest BCUT2D eigenvalue weighted by molar-refractivity contribution is 5.85. The number of rotatable bonds is 5. The van der Waals surface area contributed by atoms with Crippen molar-refractivity contribution in [1.82, 2.24) is 10.2 Å². The topological polar surface area (TPSA) is 93.9 Å². The van der Waals surface area contributed by atoms with Crippen molar-refractivity contribution in [3.8, 4) is 11.5 Å². The molecule has 0 radical (unpaired) electrons. The predicted molar refractivity (Wildman–Crippen MR) is 97.8 cm³/mol. The number of carbonyl (C=O) groups excluding carboxylic acids is 1. The van der Waals surface area contributed by atoms with E-state index in [1.165, 1.54) is 12.5 Å². The molecule has 1 aromatic carbocycles. The van der Waals surface area contributed by atoms with Crippen LogP contribution in [-0.2, 0) is 4.79 Å². The van der Waals surface area contributed by atoms with Crippen LogP contribution in [0.5, 0.6) is 11.5 Å². The fraction of sp³-hybridized carbons (Fsp3) is 0.632. The zero-order valence-electron chi connectivity index (χ0n) is 15.3. The smallest absolute Gasteiger partial charge is 0.278 e. The van der Waals surface area contributed by atoms with Crippen LogP contribution in [0.25, 0.3) is 0 Å². The number of nitrogens with zero attached hydrogens (tertiary/aromatic N) is 2. The quantitative estimate of drug-likeness (QED) is 0.628. The van der Waals surface area contributed by atoms with Crippen LogP contribution in [0.3, 0.4) is 0 Å². The maximum atomic E-state index is 13.2. The zero-order valence-corrected chi connectivity index (χ0v) is 15.3. The molecule has 2 aliphatic heterocycles. The van der Waals surface area contributed by atoms with Gasteiger partial charge in [0.25, 0.3) is 5.69 Å². The summed E-state index contributed by atoms with van der Waals surface area (Å²) in [6, 6.07) is 2.48. The van der Waals surface area contributed by atoms with Crippen LogP contribution in [-0.4, -0.2) is 41.7 Å². The first kappa shape index (κ1) is 18.0. The van der Waals surface area contributed by atoms with Crippen LogP contribution in [0.1, 0.15) is 56.6 Å². The van der Waals surface area contributed by atoms with Gasteiger partial charge in [-0.05, 0) is 44.8 Å². The third-order valence-electron chi connectivity index (χ3n) is 5.72. The minimum Gasteiger partial charge on any atom is -0.454 e. The molecule has 0 bridgehead atoms. The molecule has 1 N–H and O–H groups in total. The van der Waals surface area contributed by atoms with Gasteiger partial charge in [0.05, 0.1) is 16.6 Å². The van der Waals surface area contributed by atoms with E-state index in [1.807, 2.05) is 4.90 Å². The summed E-state index contributed by atoms with van der Waals surface area (Å²) in [5, 5.41) is 14.9. The Morgan fingerprint density at radius 1 is 1.11 bits per heavy atom. The highest BCUT2D eigenvalue weighted by Gasteiger charge is 2.37. The molecular weight excluding hydrogens is 350 g/mol. The molecule has 1 saturated heterocycles. The Morgan fingerprint density at radius 3 is 2.44 bits per heavy atom. The summed E-state index contributed by atoms with van der Waals surface area (Å²) in [5.74, 6) is 0.675. The van der Waals surface area contributed by atoms with Crippen molar-refractivity contribution in [3.05, 3.63) is 27.8 Å². The van der Waals surface area contributed by atoms with E-state index < -0.39 is 11.0 Å². The number of fused-ring (bicyclic) bond motifs is 1. The Bertz CT molecular complexity index is 726. The Hall–Kier alpha value is -2.35. The highest BCUT2D eigenvalue weighted by atomic mass is 16.7. The van der Waals surface area contributed by atoms with Gasteiger partial charge in [-0.15, -0.1) is 0 Å². The van der Waals surface area contributed by atoms with Crippen LogP contribution < -0.4 is 14.8 Å². The van der Waals surface area contributed by atoms with Crippen molar-refractivity contribution in [2.45, 2.75) is 57.0 Å². The minimum absolute atomic E-state index is 0.0403. The molecule has 1 aliphatic carbocycles. The second-order valence-corrected chi connectivity index (χ2v) is 7.51. The Kier molecular flexibility index (Phi) is 5.15. The van der Waals surface area contributed by atoms with E-state index in [2.05, 4.69) is 5.32 Å². The standard InChI is InChI=1S/C19H25N3O5/c23-19(20-13-6-2-1-3-7-13)18(21-8-4-5-9-21)14-10-16-17(27-12-26-16)11-15(14)22(24)25/h10-11,13,18H,1-9,12H2,(H,20,23). The number of nitrogens with one attached hydrogen (secondary N) is 1. The predicted octanol–water partition coefficient (Wildman–Crippen LogP) is 2.91. The molecular formula is C19H25N3O5. The van der Waals surface area contributed by atoms with Gasteiger partial charge in [-0.1, -0.05) is 19.3 Å². The molecule has 1 amide bonds. The van der Waals surface area contributed by atoms with Crippen LogP contribution in [0.4, 0.5) is 5.69 Å². The minimum atomic E-state index is -0.677. The molecule has 27 heavy (non-hydrogen) atoms. The maximum absolute atomic E-state index is 13.2. The van der Waals surface area contributed by atoms with Crippen molar-refractivity contribution in [2.75, 3.05) is 19.9 Å². The Labute approximate surface area is 158 Å². The van der Waals surface area contributed by atoms with E-state index in [1.54, 1.807) is 6.07 Å². The van der Waals surface area contributed by atoms with E-state index in [-0.39, 0.29) is 24.4 Å². The zero-order chi connectivity index (χ0) is 18.8. The fourth-order valence-corrected chi connectivity index (χ4v) is 4.35. The Morgan fingerprint density at radius 2 is 1.78 bits per heavy atom. The molecule has 3 aliphatic rings. The molecule has 0 spiro atoms. The van der Waals surface area contributed by atoms with Crippen molar-refractivity contribution in [3.63, 3.8) is 0 Å². The summed E-state index contributed by atoms with van der Waals surface area (Å²) in [5.41, 5.74) is 0.300. The lowest BCUT2D eigenvalue weighted by atomic mass is 9.94. The Balaban J connectivity index is 1.68. The molecule has 4 rings (SSSR count). The first-order valence-corrected chi connectivity index (χ1v) is 9.76. The van der Waals surface area contributed by atoms with Gasteiger partial charge in [-0.2, -0.15) is 0 Å². The monoisotopic (exact) mass is 375 g/mol. The number of hydrogen-bond acceptors (Lipinski definition) is 6. The van der Waals surface area contributed by atoms with Crippen molar-refractivity contribution in [1.29, 1.82) is 0 Å². The summed E-state index contributed by atoms with van der Waals surface area (Å²) < 4.78 is 10.7. The van der Waals surface area contributed by atoms with E-state index in [0.717, 1.165) is 51.6 Å². The molecule has 146 valence electrons. The average molecular weight is 375 g/mol. The van der Waals surface area contributed by atoms with E-state index in [0.29, 0.717) is 17.1 Å². The van der Waals surface area contributed by atoms with Gasteiger partial charge in [0, 0.05) is 6.04 Å². The van der Waals surface area contributed by atoms with Crippen LogP contribution in [0, 0.1) is 10.1 Å². The summed E-state index contributed by atoms with van der Waals surface area (Å²) >= 11 is 0. The van der Waals surface area contributed by atoms with Gasteiger partial charge >= 0.3 is 0 Å². The summed E-state index contributed by atoms with van der Waals surface area (Å²) in [7, 11) is 0. The van der Waals surface area contributed by atoms with Crippen LogP contribution >= 0.6 is 0 Å². The molecule has 2 fully saturated rings. The highest BCUT2D eigenvalue weighted by Crippen LogP contribution is 2.42. The third-order valence-corrected chi connectivity index (χ3v) is 5.72. The van der Waals surface area contributed by atoms with Crippen molar-refractivity contribution >= 4 is 11.6 Å². The number of nitro groups is 1. The van der Waals surface area contributed by atoms with Crippen molar-refractivity contribution < 1.29 is 19.2 Å². The molecule has 1 saturated carbocycles. The van der Waals surface area contributed by atoms with Gasteiger partial charge in [0.2, 0.25) is 12.7 Å². The lowest BCUT2D eigenvalue weighted by molar-refractivity contribution is -0.385. The fourth-order valence-electron chi connectivity index (χ4n) is 4.35. The average Bonchev–Trinajstić information content (AvgIpc) is 3.33. The molecule has 8 nitrogen and oxygen atoms in total. The summed E-state index contributed by atoms with van der Waals surface area (Å²) in [4.78, 5) is 26.5. The molecule has 0 aromatic heterocycles. The lowest BCUT2D eigenvalue weighted by Crippen LogP contribution is -2.44. The van der Waals surface area contributed by atoms with Gasteiger partial charge < -0.3 is 14.8 Å². The number of nitro benzene ring substituents is 1. The van der Waals surface area contributed by atoms with E-state index in [9.17, 15) is 14.9 Å². The molecule has 1 aromatic rings. The van der Waals surface area contributed by atoms with Crippen LogP contribution in [0.15, 0.2) is 12.1 Å². The number of amides is 1. The first-order valence-electron chi connectivity index (χ1n) is 9.76. The van der Waals surface area contributed by atoms with Gasteiger partial charge in [-0.3, -0.25) is 19.8 Å². The molecule has 2 heterocycles. The molecule has 1 atom stereocenters. The van der Waals surface area contributed by atoms with E-state index >= 15 is 0 Å². The lowest BCUT2D eigenvalue weighted by Gasteiger charge is -2.30. The molecule has 8 heteroatoms. The van der Waals surface area contributed by atoms with Gasteiger partial charge in [0.1, 0.15) is 6.04 Å². The maximum Gasteiger partial charge on any atom is 0.278 e. The number of likely N-dealkylation sites (tertiary alicyclic amines) is 1. The first-order chi connectivity index (χ1) is 13.1. The van der Waals surface area contributed by atoms with Gasteiger partial charge in [-0.25, -0.2) is 0 Å². The van der Waals surface area contributed by atoms with Crippen LogP contribution in [0.2, 0.25) is 0 Å². The summed E-state index contributed by atoms with van der Waals surface area (Å²) in [6.07, 6.45) is 7.36. The van der Waals surface area contributed by atoms with Gasteiger partial charge in [0.15, 0.2) is 11.5 Å². The SMILES string of the molecule is O=C(NC1CCCCC1)C(c1cc2c(cc1[N+](=O)[O-])OCO2)N1CCCC1. The van der Waals surface area contributed by atoms with E-state index in [4.69, 9.17) is 9.47 Å². The number of hydrogen-bond donors (Lipinski definition) is 1. The molecule has 1 unspecified atom stereocenters. The third kappa shape index (κ3) is 3.71. The number of ether oxygens (including phenoxy) is 2. The normalized spacial score (nSPS) is 21.2. The second-order valence-electron chi connectivity index (χ2n) is 7.51. The summed E-state index contributed by atoms with van der Waals surface area (Å²) in [6.45, 7) is 1.56. The van der Waals surface area contributed by atoms with Crippen molar-refractivity contribution in [2.24, 2.45) is 0 Å². The largest absolute Gasteiger partial charge is 0.454 e. The second kappa shape index (κ2) is 7.72. The number of benzene rings is 1. The number of carbonyl (C=O) groups is 1.